The average molecular weight is 411 g/mol. The van der Waals surface area contributed by atoms with E-state index in [2.05, 4.69) is 16.0 Å². The van der Waals surface area contributed by atoms with Crippen LogP contribution in [0.5, 0.6) is 0 Å². The number of carbonyl (C=O) groups is 1. The summed E-state index contributed by atoms with van der Waals surface area (Å²) in [4.78, 5) is 12.3. The van der Waals surface area contributed by atoms with Gasteiger partial charge in [0.25, 0.3) is 5.91 Å². The first-order valence-corrected chi connectivity index (χ1v) is 9.32. The van der Waals surface area contributed by atoms with Gasteiger partial charge < -0.3 is 16.0 Å². The minimum absolute atomic E-state index is 0.0833. The summed E-state index contributed by atoms with van der Waals surface area (Å²) < 4.78 is 26.8. The van der Waals surface area contributed by atoms with Crippen molar-refractivity contribution in [2.24, 2.45) is 0 Å². The van der Waals surface area contributed by atoms with Gasteiger partial charge in [-0.15, -0.1) is 0 Å². The van der Waals surface area contributed by atoms with Crippen LogP contribution in [-0.2, 0) is 0 Å². The van der Waals surface area contributed by atoms with Crippen molar-refractivity contribution >= 4 is 34.6 Å². The van der Waals surface area contributed by atoms with Gasteiger partial charge >= 0.3 is 0 Å². The SMILES string of the molecule is CC(NC(=S)Nc1ccc(F)cc1F)c1cccc(NC(=O)c2ccccc2)c1. The van der Waals surface area contributed by atoms with E-state index in [0.717, 1.165) is 17.7 Å². The minimum Gasteiger partial charge on any atom is -0.356 e. The number of hydrogen-bond donors (Lipinski definition) is 3. The lowest BCUT2D eigenvalue weighted by atomic mass is 10.1. The van der Waals surface area contributed by atoms with Crippen LogP contribution >= 0.6 is 12.2 Å². The van der Waals surface area contributed by atoms with E-state index in [1.165, 1.54) is 6.07 Å². The lowest BCUT2D eigenvalue weighted by Crippen LogP contribution is -2.31. The van der Waals surface area contributed by atoms with Crippen molar-refractivity contribution in [1.82, 2.24) is 5.32 Å². The molecule has 0 aromatic heterocycles. The summed E-state index contributed by atoms with van der Waals surface area (Å²) in [6.07, 6.45) is 0. The van der Waals surface area contributed by atoms with E-state index in [0.29, 0.717) is 11.3 Å². The van der Waals surface area contributed by atoms with Crippen molar-refractivity contribution in [2.45, 2.75) is 13.0 Å². The molecule has 7 heteroatoms. The standard InChI is InChI=1S/C22H19F2N3OS/c1-14(25-22(29)27-20-11-10-17(23)13-19(20)24)16-8-5-9-18(12-16)26-21(28)15-6-3-2-4-7-15/h2-14H,1H3,(H,26,28)(H2,25,27,29). The van der Waals surface area contributed by atoms with Gasteiger partial charge in [-0.1, -0.05) is 30.3 Å². The van der Waals surface area contributed by atoms with Crippen molar-refractivity contribution in [1.29, 1.82) is 0 Å². The number of nitrogens with one attached hydrogen (secondary N) is 3. The van der Waals surface area contributed by atoms with Crippen LogP contribution in [0.25, 0.3) is 0 Å². The maximum Gasteiger partial charge on any atom is 0.255 e. The summed E-state index contributed by atoms with van der Waals surface area (Å²) in [5.41, 5.74) is 2.17. The van der Waals surface area contributed by atoms with Crippen LogP contribution in [0.1, 0.15) is 28.9 Å². The molecule has 1 unspecified atom stereocenters. The summed E-state index contributed by atoms with van der Waals surface area (Å²) >= 11 is 5.22. The number of hydrogen-bond acceptors (Lipinski definition) is 2. The highest BCUT2D eigenvalue weighted by Gasteiger charge is 2.11. The highest BCUT2D eigenvalue weighted by atomic mass is 32.1. The van der Waals surface area contributed by atoms with Crippen molar-refractivity contribution in [3.05, 3.63) is 95.6 Å². The van der Waals surface area contributed by atoms with Gasteiger partial charge in [-0.05, 0) is 61.1 Å². The maximum atomic E-state index is 13.8. The fraction of sp³-hybridized carbons (Fsp3) is 0.0909. The Morgan fingerprint density at radius 2 is 1.69 bits per heavy atom. The lowest BCUT2D eigenvalue weighted by Gasteiger charge is -2.18. The number of anilines is 2. The number of amides is 1. The van der Waals surface area contributed by atoms with Crippen LogP contribution in [0.3, 0.4) is 0 Å². The minimum atomic E-state index is -0.729. The van der Waals surface area contributed by atoms with Gasteiger partial charge in [0.15, 0.2) is 5.11 Å². The first kappa shape index (κ1) is 20.4. The molecule has 0 saturated carbocycles. The van der Waals surface area contributed by atoms with Crippen LogP contribution in [0.4, 0.5) is 20.2 Å². The molecule has 1 atom stereocenters. The van der Waals surface area contributed by atoms with Crippen LogP contribution < -0.4 is 16.0 Å². The quantitative estimate of drug-likeness (QED) is 0.501. The smallest absolute Gasteiger partial charge is 0.255 e. The molecular formula is C22H19F2N3OS. The Balaban J connectivity index is 1.63. The van der Waals surface area contributed by atoms with E-state index in [1.807, 2.05) is 31.2 Å². The van der Waals surface area contributed by atoms with Crippen molar-refractivity contribution < 1.29 is 13.6 Å². The molecule has 0 aliphatic heterocycles. The highest BCUT2D eigenvalue weighted by Crippen LogP contribution is 2.19. The predicted molar refractivity (Wildman–Crippen MR) is 115 cm³/mol. The molecule has 29 heavy (non-hydrogen) atoms. The van der Waals surface area contributed by atoms with Gasteiger partial charge in [0.1, 0.15) is 11.6 Å². The largest absolute Gasteiger partial charge is 0.356 e. The molecule has 3 N–H and O–H groups in total. The van der Waals surface area contributed by atoms with E-state index in [4.69, 9.17) is 12.2 Å². The first-order chi connectivity index (χ1) is 13.9. The first-order valence-electron chi connectivity index (χ1n) is 8.91. The predicted octanol–water partition coefficient (Wildman–Crippen LogP) is 5.26. The van der Waals surface area contributed by atoms with E-state index < -0.39 is 11.6 Å². The molecule has 0 fully saturated rings. The molecule has 3 aromatic carbocycles. The lowest BCUT2D eigenvalue weighted by molar-refractivity contribution is 0.102. The Bertz CT molecular complexity index is 1030. The third kappa shape index (κ3) is 5.58. The normalized spacial score (nSPS) is 11.4. The zero-order valence-corrected chi connectivity index (χ0v) is 16.4. The highest BCUT2D eigenvalue weighted by molar-refractivity contribution is 7.80. The second-order valence-electron chi connectivity index (χ2n) is 6.39. The fourth-order valence-corrected chi connectivity index (χ4v) is 2.99. The molecule has 0 spiro atoms. The van der Waals surface area contributed by atoms with Crippen molar-refractivity contribution in [2.75, 3.05) is 10.6 Å². The summed E-state index contributed by atoms with van der Waals surface area (Å²) in [6, 6.07) is 19.3. The van der Waals surface area contributed by atoms with Crippen LogP contribution in [-0.4, -0.2) is 11.0 Å². The Labute approximate surface area is 173 Å². The van der Waals surface area contributed by atoms with Crippen LogP contribution in [0.15, 0.2) is 72.8 Å². The molecule has 148 valence electrons. The number of thiocarbonyl (C=S) groups is 1. The third-order valence-corrected chi connectivity index (χ3v) is 4.43. The molecule has 4 nitrogen and oxygen atoms in total. The molecule has 0 bridgehead atoms. The fourth-order valence-electron chi connectivity index (χ4n) is 2.71. The number of halogens is 2. The van der Waals surface area contributed by atoms with E-state index in [9.17, 15) is 13.6 Å². The monoisotopic (exact) mass is 411 g/mol. The molecule has 3 rings (SSSR count). The van der Waals surface area contributed by atoms with Gasteiger partial charge in [0.05, 0.1) is 11.7 Å². The van der Waals surface area contributed by atoms with Gasteiger partial charge in [-0.25, -0.2) is 8.78 Å². The maximum absolute atomic E-state index is 13.8. The average Bonchev–Trinajstić information content (AvgIpc) is 2.71. The summed E-state index contributed by atoms with van der Waals surface area (Å²) in [6.45, 7) is 1.88. The Morgan fingerprint density at radius 3 is 2.41 bits per heavy atom. The summed E-state index contributed by atoms with van der Waals surface area (Å²) in [5.74, 6) is -1.59. The van der Waals surface area contributed by atoms with Gasteiger partial charge in [0.2, 0.25) is 0 Å². The molecule has 0 saturated heterocycles. The molecule has 0 aliphatic carbocycles. The zero-order valence-electron chi connectivity index (χ0n) is 15.6. The second-order valence-corrected chi connectivity index (χ2v) is 6.80. The number of benzene rings is 3. The molecule has 0 radical (unpaired) electrons. The number of carbonyl (C=O) groups excluding carboxylic acids is 1. The molecular weight excluding hydrogens is 392 g/mol. The topological polar surface area (TPSA) is 53.2 Å². The Morgan fingerprint density at radius 1 is 0.931 bits per heavy atom. The molecule has 1 amide bonds. The van der Waals surface area contributed by atoms with E-state index >= 15 is 0 Å². The molecule has 0 heterocycles. The van der Waals surface area contributed by atoms with E-state index in [1.54, 1.807) is 30.3 Å². The third-order valence-electron chi connectivity index (χ3n) is 4.21. The summed E-state index contributed by atoms with van der Waals surface area (Å²) in [7, 11) is 0. The molecule has 0 aliphatic rings. The zero-order chi connectivity index (χ0) is 20.8. The van der Waals surface area contributed by atoms with Crippen molar-refractivity contribution in [3.63, 3.8) is 0 Å². The van der Waals surface area contributed by atoms with Gasteiger partial charge in [-0.2, -0.15) is 0 Å². The number of rotatable bonds is 5. The van der Waals surface area contributed by atoms with Crippen LogP contribution in [0.2, 0.25) is 0 Å². The van der Waals surface area contributed by atoms with E-state index in [-0.39, 0.29) is 22.7 Å². The van der Waals surface area contributed by atoms with Crippen molar-refractivity contribution in [3.8, 4) is 0 Å². The molecule has 3 aromatic rings. The Kier molecular flexibility index (Phi) is 6.51. The second kappa shape index (κ2) is 9.25. The summed E-state index contributed by atoms with van der Waals surface area (Å²) in [5, 5.41) is 8.82. The van der Waals surface area contributed by atoms with Gasteiger partial charge in [0, 0.05) is 17.3 Å². The van der Waals surface area contributed by atoms with Crippen LogP contribution in [0, 0.1) is 11.6 Å². The van der Waals surface area contributed by atoms with Gasteiger partial charge in [-0.3, -0.25) is 4.79 Å². The Hall–Kier alpha value is -3.32.